The number of anilines is 1. The number of alkyl halides is 2. The molecule has 0 aliphatic carbocycles. The lowest BCUT2D eigenvalue weighted by Crippen LogP contribution is -2.14. The molecule has 0 aliphatic rings. The van der Waals surface area contributed by atoms with Gasteiger partial charge in [0.2, 0.25) is 0 Å². The van der Waals surface area contributed by atoms with Gasteiger partial charge >= 0.3 is 6.61 Å². The third-order valence-electron chi connectivity index (χ3n) is 3.58. The van der Waals surface area contributed by atoms with Crippen LogP contribution < -0.4 is 10.1 Å². The second-order valence-electron chi connectivity index (χ2n) is 5.51. The van der Waals surface area contributed by atoms with Crippen molar-refractivity contribution < 1.29 is 22.7 Å². The Kier molecular flexibility index (Phi) is 4.92. The molecule has 0 atom stereocenters. The first-order valence-electron chi connectivity index (χ1n) is 7.60. The molecular weight excluding hydrogens is 347 g/mol. The van der Waals surface area contributed by atoms with Crippen LogP contribution in [0.1, 0.15) is 16.1 Å². The summed E-state index contributed by atoms with van der Waals surface area (Å²) in [6.07, 6.45) is 0. The molecule has 3 aromatic rings. The Hall–Kier alpha value is -3.29. The SMILES string of the molecule is Cc1ccc(-c2cc(C(=O)Nc3ccc(F)cc3OC(F)F)[nH]n2)cc1. The van der Waals surface area contributed by atoms with Crippen LogP contribution in [0.4, 0.5) is 18.9 Å². The quantitative estimate of drug-likeness (QED) is 0.709. The fraction of sp³-hybridized carbons (Fsp3) is 0.111. The van der Waals surface area contributed by atoms with E-state index in [9.17, 15) is 18.0 Å². The Bertz CT molecular complexity index is 924. The van der Waals surface area contributed by atoms with Gasteiger partial charge in [0.1, 0.15) is 11.5 Å². The van der Waals surface area contributed by atoms with Crippen LogP contribution in [0.5, 0.6) is 5.75 Å². The summed E-state index contributed by atoms with van der Waals surface area (Å²) in [4.78, 5) is 12.3. The molecule has 2 aromatic carbocycles. The monoisotopic (exact) mass is 361 g/mol. The summed E-state index contributed by atoms with van der Waals surface area (Å²) in [6.45, 7) is -1.19. The lowest BCUT2D eigenvalue weighted by atomic mass is 10.1. The molecule has 0 radical (unpaired) electrons. The van der Waals surface area contributed by atoms with Crippen molar-refractivity contribution in [1.29, 1.82) is 0 Å². The number of nitrogens with zero attached hydrogens (tertiary/aromatic N) is 1. The summed E-state index contributed by atoms with van der Waals surface area (Å²) in [5.74, 6) is -1.85. The van der Waals surface area contributed by atoms with Gasteiger partial charge in [0, 0.05) is 11.6 Å². The second kappa shape index (κ2) is 7.30. The van der Waals surface area contributed by atoms with Crippen LogP contribution in [0.15, 0.2) is 48.5 Å². The molecule has 26 heavy (non-hydrogen) atoms. The number of halogens is 3. The number of aromatic nitrogens is 2. The van der Waals surface area contributed by atoms with Gasteiger partial charge < -0.3 is 10.1 Å². The van der Waals surface area contributed by atoms with Crippen LogP contribution in [0.25, 0.3) is 11.3 Å². The third kappa shape index (κ3) is 4.02. The highest BCUT2D eigenvalue weighted by atomic mass is 19.3. The van der Waals surface area contributed by atoms with Crippen LogP contribution >= 0.6 is 0 Å². The predicted molar refractivity (Wildman–Crippen MR) is 89.7 cm³/mol. The fourth-order valence-electron chi connectivity index (χ4n) is 2.29. The van der Waals surface area contributed by atoms with Gasteiger partial charge in [-0.2, -0.15) is 13.9 Å². The van der Waals surface area contributed by atoms with E-state index >= 15 is 0 Å². The minimum atomic E-state index is -3.15. The van der Waals surface area contributed by atoms with E-state index in [-0.39, 0.29) is 11.4 Å². The molecule has 0 aliphatic heterocycles. The van der Waals surface area contributed by atoms with E-state index in [0.29, 0.717) is 5.69 Å². The summed E-state index contributed by atoms with van der Waals surface area (Å²) in [7, 11) is 0. The molecule has 0 fully saturated rings. The lowest BCUT2D eigenvalue weighted by molar-refractivity contribution is -0.0495. The van der Waals surface area contributed by atoms with Crippen molar-refractivity contribution in [1.82, 2.24) is 10.2 Å². The van der Waals surface area contributed by atoms with Crippen molar-refractivity contribution in [3.8, 4) is 17.0 Å². The number of ether oxygens (including phenoxy) is 1. The molecule has 1 amide bonds. The van der Waals surface area contributed by atoms with E-state index in [1.54, 1.807) is 0 Å². The van der Waals surface area contributed by atoms with Crippen molar-refractivity contribution in [2.24, 2.45) is 0 Å². The number of carbonyl (C=O) groups is 1. The zero-order valence-electron chi connectivity index (χ0n) is 13.6. The third-order valence-corrected chi connectivity index (χ3v) is 3.58. The zero-order valence-corrected chi connectivity index (χ0v) is 13.6. The molecule has 0 saturated heterocycles. The summed E-state index contributed by atoms with van der Waals surface area (Å²) < 4.78 is 42.3. The largest absolute Gasteiger partial charge is 0.432 e. The van der Waals surface area contributed by atoms with Crippen molar-refractivity contribution in [2.75, 3.05) is 5.32 Å². The minimum Gasteiger partial charge on any atom is -0.432 e. The maximum Gasteiger partial charge on any atom is 0.387 e. The maximum absolute atomic E-state index is 13.2. The Balaban J connectivity index is 1.80. The van der Waals surface area contributed by atoms with E-state index in [1.807, 2.05) is 31.2 Å². The summed E-state index contributed by atoms with van der Waals surface area (Å²) in [5, 5.41) is 9.05. The molecule has 0 saturated carbocycles. The highest BCUT2D eigenvalue weighted by Crippen LogP contribution is 2.28. The number of aromatic amines is 1. The number of aryl methyl sites for hydroxylation is 1. The number of benzene rings is 2. The smallest absolute Gasteiger partial charge is 0.387 e. The number of nitrogens with one attached hydrogen (secondary N) is 2. The van der Waals surface area contributed by atoms with Gasteiger partial charge in [-0.3, -0.25) is 9.89 Å². The van der Waals surface area contributed by atoms with Crippen LogP contribution in [0, 0.1) is 12.7 Å². The Morgan fingerprint density at radius 2 is 1.88 bits per heavy atom. The zero-order chi connectivity index (χ0) is 18.7. The molecule has 0 spiro atoms. The minimum absolute atomic E-state index is 0.0804. The Labute approximate surface area is 146 Å². The first-order chi connectivity index (χ1) is 12.4. The van der Waals surface area contributed by atoms with Crippen molar-refractivity contribution in [3.05, 3.63) is 65.6 Å². The summed E-state index contributed by atoms with van der Waals surface area (Å²) in [5.41, 5.74) is 2.49. The molecular formula is C18H14F3N3O2. The fourth-order valence-corrected chi connectivity index (χ4v) is 2.29. The predicted octanol–water partition coefficient (Wildman–Crippen LogP) is 4.38. The normalized spacial score (nSPS) is 10.8. The summed E-state index contributed by atoms with van der Waals surface area (Å²) >= 11 is 0. The van der Waals surface area contributed by atoms with Crippen LogP contribution in [0.3, 0.4) is 0 Å². The molecule has 5 nitrogen and oxygen atoms in total. The molecule has 8 heteroatoms. The van der Waals surface area contributed by atoms with Crippen molar-refractivity contribution in [3.63, 3.8) is 0 Å². The molecule has 0 bridgehead atoms. The number of carbonyl (C=O) groups excluding carboxylic acids is 1. The lowest BCUT2D eigenvalue weighted by Gasteiger charge is -2.11. The number of hydrogen-bond acceptors (Lipinski definition) is 3. The van der Waals surface area contributed by atoms with Crippen LogP contribution in [-0.2, 0) is 0 Å². The molecule has 0 unspecified atom stereocenters. The first kappa shape index (κ1) is 17.5. The number of hydrogen-bond donors (Lipinski definition) is 2. The van der Waals surface area contributed by atoms with E-state index in [2.05, 4.69) is 20.3 Å². The topological polar surface area (TPSA) is 67.0 Å². The van der Waals surface area contributed by atoms with Gasteiger partial charge in [-0.25, -0.2) is 4.39 Å². The molecule has 1 aromatic heterocycles. The Morgan fingerprint density at radius 3 is 2.58 bits per heavy atom. The number of rotatable bonds is 5. The van der Waals surface area contributed by atoms with E-state index in [0.717, 1.165) is 29.3 Å². The Morgan fingerprint density at radius 1 is 1.15 bits per heavy atom. The molecule has 1 heterocycles. The van der Waals surface area contributed by atoms with Crippen molar-refractivity contribution >= 4 is 11.6 Å². The van der Waals surface area contributed by atoms with Gasteiger partial charge in [-0.05, 0) is 25.1 Å². The van der Waals surface area contributed by atoms with Gasteiger partial charge in [0.25, 0.3) is 5.91 Å². The van der Waals surface area contributed by atoms with Gasteiger partial charge in [-0.15, -0.1) is 0 Å². The summed E-state index contributed by atoms with van der Waals surface area (Å²) in [6, 6.07) is 12.0. The van der Waals surface area contributed by atoms with Crippen molar-refractivity contribution in [2.45, 2.75) is 13.5 Å². The number of amides is 1. The standard InChI is InChI=1S/C18H14F3N3O2/c1-10-2-4-11(5-3-10)14-9-15(24-23-14)17(25)22-13-7-6-12(19)8-16(13)26-18(20)21/h2-9,18H,1H3,(H,22,25)(H,23,24). The van der Waals surface area contributed by atoms with Gasteiger partial charge in [-0.1, -0.05) is 29.8 Å². The maximum atomic E-state index is 13.2. The number of H-pyrrole nitrogens is 1. The highest BCUT2D eigenvalue weighted by Gasteiger charge is 2.16. The van der Waals surface area contributed by atoms with Gasteiger partial charge in [0.15, 0.2) is 5.75 Å². The van der Waals surface area contributed by atoms with E-state index < -0.39 is 24.1 Å². The molecule has 3 rings (SSSR count). The highest BCUT2D eigenvalue weighted by molar-refractivity contribution is 6.04. The average molecular weight is 361 g/mol. The van der Waals surface area contributed by atoms with E-state index in [1.165, 1.54) is 6.07 Å². The molecule has 2 N–H and O–H groups in total. The average Bonchev–Trinajstić information content (AvgIpc) is 3.07. The van der Waals surface area contributed by atoms with Crippen LogP contribution in [0.2, 0.25) is 0 Å². The molecule has 134 valence electrons. The van der Waals surface area contributed by atoms with E-state index in [4.69, 9.17) is 0 Å². The second-order valence-corrected chi connectivity index (χ2v) is 5.51. The van der Waals surface area contributed by atoms with Gasteiger partial charge in [0.05, 0.1) is 11.4 Å². The van der Waals surface area contributed by atoms with Crippen LogP contribution in [-0.4, -0.2) is 22.7 Å². The first-order valence-corrected chi connectivity index (χ1v) is 7.60.